The third-order valence-electron chi connectivity index (χ3n) is 3.72. The summed E-state index contributed by atoms with van der Waals surface area (Å²) in [5.41, 5.74) is 8.48. The molecule has 2 aromatic rings. The second kappa shape index (κ2) is 4.70. The van der Waals surface area contributed by atoms with Gasteiger partial charge in [0.1, 0.15) is 0 Å². The molecule has 0 saturated carbocycles. The van der Waals surface area contributed by atoms with Gasteiger partial charge in [-0.3, -0.25) is 4.98 Å². The van der Waals surface area contributed by atoms with Gasteiger partial charge in [0, 0.05) is 36.1 Å². The van der Waals surface area contributed by atoms with E-state index in [-0.39, 0.29) is 5.60 Å². The number of pyridine rings is 1. The number of fused-ring (bicyclic) bond motifs is 1. The predicted octanol–water partition coefficient (Wildman–Crippen LogP) is 2.80. The van der Waals surface area contributed by atoms with Gasteiger partial charge in [0.2, 0.25) is 0 Å². The van der Waals surface area contributed by atoms with Crippen molar-refractivity contribution in [3.8, 4) is 0 Å². The van der Waals surface area contributed by atoms with Crippen LogP contribution in [0.1, 0.15) is 19.8 Å². The molecule has 0 aliphatic carbocycles. The zero-order valence-electron chi connectivity index (χ0n) is 11.1. The van der Waals surface area contributed by atoms with Gasteiger partial charge >= 0.3 is 0 Å². The first-order valence-corrected chi connectivity index (χ1v) is 6.68. The third-order valence-corrected chi connectivity index (χ3v) is 3.72. The summed E-state index contributed by atoms with van der Waals surface area (Å²) < 4.78 is 5.80. The van der Waals surface area contributed by atoms with Gasteiger partial charge < -0.3 is 15.8 Å². The van der Waals surface area contributed by atoms with Crippen LogP contribution in [0.2, 0.25) is 0 Å². The highest BCUT2D eigenvalue weighted by atomic mass is 16.5. The zero-order valence-corrected chi connectivity index (χ0v) is 11.1. The molecule has 1 saturated heterocycles. The van der Waals surface area contributed by atoms with E-state index in [1.54, 1.807) is 0 Å². The number of hydrogen-bond acceptors (Lipinski definition) is 4. The topological polar surface area (TPSA) is 60.2 Å². The number of hydrogen-bond donors (Lipinski definition) is 2. The van der Waals surface area contributed by atoms with Gasteiger partial charge in [0.25, 0.3) is 0 Å². The predicted molar refractivity (Wildman–Crippen MR) is 78.2 cm³/mol. The molecule has 4 nitrogen and oxygen atoms in total. The molecular weight excluding hydrogens is 238 g/mol. The van der Waals surface area contributed by atoms with E-state index in [1.165, 1.54) is 0 Å². The van der Waals surface area contributed by atoms with E-state index in [1.807, 2.05) is 30.5 Å². The number of aromatic nitrogens is 1. The first-order valence-electron chi connectivity index (χ1n) is 6.68. The fraction of sp³-hybridized carbons (Fsp3) is 0.400. The van der Waals surface area contributed by atoms with Crippen LogP contribution < -0.4 is 11.1 Å². The molecule has 1 aliphatic rings. The molecule has 3 N–H and O–H groups in total. The Morgan fingerprint density at radius 3 is 3.11 bits per heavy atom. The Morgan fingerprint density at radius 2 is 2.32 bits per heavy atom. The average Bonchev–Trinajstić information content (AvgIpc) is 2.83. The lowest BCUT2D eigenvalue weighted by molar-refractivity contribution is 0.0315. The van der Waals surface area contributed by atoms with Gasteiger partial charge in [-0.2, -0.15) is 0 Å². The van der Waals surface area contributed by atoms with Crippen LogP contribution in [0, 0.1) is 0 Å². The molecule has 0 amide bonds. The van der Waals surface area contributed by atoms with Crippen molar-refractivity contribution in [2.24, 2.45) is 0 Å². The largest absolute Gasteiger partial charge is 0.399 e. The van der Waals surface area contributed by atoms with Crippen LogP contribution >= 0.6 is 0 Å². The standard InChI is InChI=1S/C15H19N3O/c1-15(6-2-8-19-15)10-18-13-5-7-17-14-9-11(16)3-4-12(13)14/h3-5,7,9H,2,6,8,10,16H2,1H3,(H,17,18). The number of nitrogens with two attached hydrogens (primary N) is 1. The van der Waals surface area contributed by atoms with Crippen molar-refractivity contribution in [1.29, 1.82) is 0 Å². The Morgan fingerprint density at radius 1 is 1.42 bits per heavy atom. The van der Waals surface area contributed by atoms with Gasteiger partial charge in [0.15, 0.2) is 0 Å². The smallest absolute Gasteiger partial charge is 0.0826 e. The van der Waals surface area contributed by atoms with Crippen molar-refractivity contribution in [3.05, 3.63) is 30.5 Å². The van der Waals surface area contributed by atoms with Crippen LogP contribution in [-0.2, 0) is 4.74 Å². The lowest BCUT2D eigenvalue weighted by atomic mass is 10.0. The Hall–Kier alpha value is -1.81. The summed E-state index contributed by atoms with van der Waals surface area (Å²) in [6.07, 6.45) is 4.06. The third kappa shape index (κ3) is 2.49. The number of anilines is 2. The first-order chi connectivity index (χ1) is 9.16. The van der Waals surface area contributed by atoms with Crippen LogP contribution in [0.25, 0.3) is 10.9 Å². The fourth-order valence-corrected chi connectivity index (χ4v) is 2.58. The molecule has 1 aliphatic heterocycles. The maximum atomic E-state index is 5.80. The fourth-order valence-electron chi connectivity index (χ4n) is 2.58. The maximum Gasteiger partial charge on any atom is 0.0826 e. The maximum absolute atomic E-state index is 5.80. The van der Waals surface area contributed by atoms with E-state index in [4.69, 9.17) is 10.5 Å². The summed E-state index contributed by atoms with van der Waals surface area (Å²) in [5, 5.41) is 4.58. The van der Waals surface area contributed by atoms with Gasteiger partial charge in [-0.05, 0) is 44.0 Å². The van der Waals surface area contributed by atoms with Crippen LogP contribution in [0.15, 0.2) is 30.5 Å². The molecule has 0 spiro atoms. The lowest BCUT2D eigenvalue weighted by Crippen LogP contribution is -2.32. The van der Waals surface area contributed by atoms with Crippen molar-refractivity contribution in [3.63, 3.8) is 0 Å². The van der Waals surface area contributed by atoms with Gasteiger partial charge in [0.05, 0.1) is 11.1 Å². The molecule has 1 aromatic carbocycles. The molecule has 0 radical (unpaired) electrons. The van der Waals surface area contributed by atoms with Gasteiger partial charge in [-0.25, -0.2) is 0 Å². The van der Waals surface area contributed by atoms with Crippen molar-refractivity contribution < 1.29 is 4.74 Å². The molecule has 19 heavy (non-hydrogen) atoms. The van der Waals surface area contributed by atoms with E-state index in [9.17, 15) is 0 Å². The highest BCUT2D eigenvalue weighted by Gasteiger charge is 2.29. The summed E-state index contributed by atoms with van der Waals surface area (Å²) in [6.45, 7) is 3.84. The van der Waals surface area contributed by atoms with Crippen molar-refractivity contribution >= 4 is 22.3 Å². The minimum atomic E-state index is -0.0522. The molecule has 0 bridgehead atoms. The van der Waals surface area contributed by atoms with Gasteiger partial charge in [-0.15, -0.1) is 0 Å². The summed E-state index contributed by atoms with van der Waals surface area (Å²) >= 11 is 0. The number of nitrogen functional groups attached to an aromatic ring is 1. The second-order valence-electron chi connectivity index (χ2n) is 5.39. The number of nitrogens with zero attached hydrogens (tertiary/aromatic N) is 1. The zero-order chi connectivity index (χ0) is 13.3. The molecule has 1 atom stereocenters. The second-order valence-corrected chi connectivity index (χ2v) is 5.39. The van der Waals surface area contributed by atoms with E-state index < -0.39 is 0 Å². The van der Waals surface area contributed by atoms with E-state index in [0.717, 1.165) is 48.3 Å². The molecule has 2 heterocycles. The highest BCUT2D eigenvalue weighted by Crippen LogP contribution is 2.28. The normalized spacial score (nSPS) is 22.8. The Labute approximate surface area is 113 Å². The Kier molecular flexibility index (Phi) is 3.03. The molecule has 1 aromatic heterocycles. The quantitative estimate of drug-likeness (QED) is 0.830. The van der Waals surface area contributed by atoms with Crippen LogP contribution in [0.4, 0.5) is 11.4 Å². The summed E-state index contributed by atoms with van der Waals surface area (Å²) in [7, 11) is 0. The number of ether oxygens (including phenoxy) is 1. The molecule has 3 rings (SSSR count). The molecule has 1 unspecified atom stereocenters. The van der Waals surface area contributed by atoms with Crippen molar-refractivity contribution in [1.82, 2.24) is 4.98 Å². The van der Waals surface area contributed by atoms with E-state index in [2.05, 4.69) is 17.2 Å². The number of rotatable bonds is 3. The monoisotopic (exact) mass is 257 g/mol. The van der Waals surface area contributed by atoms with Gasteiger partial charge in [-0.1, -0.05) is 0 Å². The number of nitrogens with one attached hydrogen (secondary N) is 1. The van der Waals surface area contributed by atoms with Crippen LogP contribution in [-0.4, -0.2) is 23.7 Å². The first kappa shape index (κ1) is 12.2. The summed E-state index contributed by atoms with van der Waals surface area (Å²) in [6, 6.07) is 7.81. The molecule has 1 fully saturated rings. The van der Waals surface area contributed by atoms with E-state index >= 15 is 0 Å². The van der Waals surface area contributed by atoms with Crippen LogP contribution in [0.3, 0.4) is 0 Å². The van der Waals surface area contributed by atoms with Crippen molar-refractivity contribution in [2.75, 3.05) is 24.2 Å². The minimum Gasteiger partial charge on any atom is -0.399 e. The van der Waals surface area contributed by atoms with Crippen LogP contribution in [0.5, 0.6) is 0 Å². The highest BCUT2D eigenvalue weighted by molar-refractivity contribution is 5.92. The number of benzene rings is 1. The summed E-state index contributed by atoms with van der Waals surface area (Å²) in [4.78, 5) is 4.35. The SMILES string of the molecule is CC1(CNc2ccnc3cc(N)ccc23)CCCO1. The Bertz CT molecular complexity index is 591. The minimum absolute atomic E-state index is 0.0522. The summed E-state index contributed by atoms with van der Waals surface area (Å²) in [5.74, 6) is 0. The Balaban J connectivity index is 1.84. The molecular formula is C15H19N3O. The van der Waals surface area contributed by atoms with E-state index in [0.29, 0.717) is 0 Å². The van der Waals surface area contributed by atoms with Crippen molar-refractivity contribution in [2.45, 2.75) is 25.4 Å². The lowest BCUT2D eigenvalue weighted by Gasteiger charge is -2.24. The molecule has 4 heteroatoms. The molecule has 100 valence electrons. The average molecular weight is 257 g/mol.